The molecule has 0 saturated heterocycles. The molecule has 1 rings (SSSR count). The van der Waals surface area contributed by atoms with Gasteiger partial charge in [-0.25, -0.2) is 0 Å². The summed E-state index contributed by atoms with van der Waals surface area (Å²) < 4.78 is 0. The first-order valence-electron chi connectivity index (χ1n) is 7.86. The maximum atomic E-state index is 2.34. The van der Waals surface area contributed by atoms with E-state index in [1.165, 1.54) is 69.5 Å². The molecule has 0 aromatic carbocycles. The SMILES string of the molecule is CCCCCCCCCCC[CH2][Mn][CH]1C=CC=C1. The van der Waals surface area contributed by atoms with Crippen molar-refractivity contribution in [3.8, 4) is 0 Å². The third-order valence-corrected chi connectivity index (χ3v) is 5.24. The van der Waals surface area contributed by atoms with Gasteiger partial charge in [-0.1, -0.05) is 0 Å². The van der Waals surface area contributed by atoms with Crippen LogP contribution in [0, 0.1) is 0 Å². The van der Waals surface area contributed by atoms with Crippen LogP contribution in [0.4, 0.5) is 0 Å². The van der Waals surface area contributed by atoms with Crippen molar-refractivity contribution in [1.29, 1.82) is 0 Å². The van der Waals surface area contributed by atoms with Gasteiger partial charge in [0.1, 0.15) is 0 Å². The van der Waals surface area contributed by atoms with Gasteiger partial charge in [0.2, 0.25) is 0 Å². The standard InChI is InChI=1S/C12H25.C5H5.Mn/c1-3-5-7-9-11-12-10-8-6-4-2;1-2-4-5-3-1;/h1,3-12H2,2H3;1-5H;. The van der Waals surface area contributed by atoms with Crippen molar-refractivity contribution in [2.45, 2.75) is 81.3 Å². The van der Waals surface area contributed by atoms with Crippen LogP contribution < -0.4 is 0 Å². The molecule has 0 amide bonds. The van der Waals surface area contributed by atoms with E-state index >= 15 is 0 Å². The van der Waals surface area contributed by atoms with E-state index in [1.807, 2.05) is 0 Å². The number of unbranched alkanes of at least 4 members (excludes halogenated alkanes) is 9. The third-order valence-electron chi connectivity index (χ3n) is 3.48. The van der Waals surface area contributed by atoms with E-state index in [-0.39, 0.29) is 0 Å². The Morgan fingerprint density at radius 2 is 1.22 bits per heavy atom. The van der Waals surface area contributed by atoms with E-state index in [4.69, 9.17) is 0 Å². The zero-order valence-corrected chi connectivity index (χ0v) is 13.2. The Kier molecular flexibility index (Phi) is 10.8. The molecule has 0 fully saturated rings. The van der Waals surface area contributed by atoms with Crippen LogP contribution in [-0.2, 0) is 15.0 Å². The molecule has 18 heavy (non-hydrogen) atoms. The van der Waals surface area contributed by atoms with Gasteiger partial charge in [0.25, 0.3) is 0 Å². The summed E-state index contributed by atoms with van der Waals surface area (Å²) in [5.41, 5.74) is 0. The molecule has 0 aromatic rings. The Morgan fingerprint density at radius 3 is 1.78 bits per heavy atom. The Labute approximate surface area is 120 Å². The van der Waals surface area contributed by atoms with Gasteiger partial charge in [-0.3, -0.25) is 0 Å². The fraction of sp³-hybridized carbons (Fsp3) is 0.765. The van der Waals surface area contributed by atoms with E-state index in [9.17, 15) is 0 Å². The summed E-state index contributed by atoms with van der Waals surface area (Å²) in [5.74, 6) is 0. The van der Waals surface area contributed by atoms with E-state index in [1.54, 1.807) is 0 Å². The first kappa shape index (κ1) is 16.1. The van der Waals surface area contributed by atoms with Gasteiger partial charge >= 0.3 is 121 Å². The molecule has 0 heterocycles. The van der Waals surface area contributed by atoms with Gasteiger partial charge in [0.15, 0.2) is 0 Å². The minimum atomic E-state index is 0.785. The van der Waals surface area contributed by atoms with Crippen molar-refractivity contribution in [1.82, 2.24) is 0 Å². The Bertz CT molecular complexity index is 218. The molecule has 105 valence electrons. The topological polar surface area (TPSA) is 0 Å². The maximum absolute atomic E-state index is 2.34. The zero-order chi connectivity index (χ0) is 12.9. The van der Waals surface area contributed by atoms with Crippen LogP contribution in [0.3, 0.4) is 0 Å². The fourth-order valence-corrected chi connectivity index (χ4v) is 3.81. The molecule has 0 nitrogen and oxygen atoms in total. The minimum absolute atomic E-state index is 0.785. The quantitative estimate of drug-likeness (QED) is 0.291. The molecule has 1 aliphatic carbocycles. The van der Waals surface area contributed by atoms with Crippen molar-refractivity contribution in [2.75, 3.05) is 0 Å². The molecule has 0 bridgehead atoms. The Balaban J connectivity index is 1.71. The van der Waals surface area contributed by atoms with E-state index < -0.39 is 0 Å². The van der Waals surface area contributed by atoms with Crippen molar-refractivity contribution >= 4 is 0 Å². The summed E-state index contributed by atoms with van der Waals surface area (Å²) >= 11 is 1.09. The summed E-state index contributed by atoms with van der Waals surface area (Å²) in [6.45, 7) is 2.29. The normalized spacial score (nSPS) is 14.7. The third kappa shape index (κ3) is 9.00. The van der Waals surface area contributed by atoms with E-state index in [2.05, 4.69) is 31.2 Å². The average molecular weight is 289 g/mol. The van der Waals surface area contributed by atoms with Crippen LogP contribution in [0.25, 0.3) is 0 Å². The van der Waals surface area contributed by atoms with E-state index in [0.29, 0.717) is 0 Å². The van der Waals surface area contributed by atoms with Gasteiger partial charge in [0.05, 0.1) is 0 Å². The van der Waals surface area contributed by atoms with Crippen LogP contribution in [0.1, 0.15) is 71.1 Å². The zero-order valence-electron chi connectivity index (χ0n) is 12.0. The number of allylic oxidation sites excluding steroid dienone is 4. The van der Waals surface area contributed by atoms with Crippen LogP contribution in [0.15, 0.2) is 24.3 Å². The van der Waals surface area contributed by atoms with Crippen molar-refractivity contribution in [3.05, 3.63) is 24.3 Å². The number of hydrogen-bond acceptors (Lipinski definition) is 0. The van der Waals surface area contributed by atoms with Crippen LogP contribution >= 0.6 is 0 Å². The van der Waals surface area contributed by atoms with Gasteiger partial charge in [-0.2, -0.15) is 0 Å². The number of rotatable bonds is 12. The molecule has 0 radical (unpaired) electrons. The van der Waals surface area contributed by atoms with Crippen molar-refractivity contribution < 1.29 is 15.0 Å². The van der Waals surface area contributed by atoms with Gasteiger partial charge in [-0.15, -0.1) is 0 Å². The monoisotopic (exact) mass is 289 g/mol. The first-order chi connectivity index (χ1) is 8.93. The molecule has 1 heteroatoms. The summed E-state index contributed by atoms with van der Waals surface area (Å²) in [5, 5.41) is 1.44. The second-order valence-electron chi connectivity index (χ2n) is 5.24. The predicted octanol–water partition coefficient (Wildman–Crippen LogP) is 6.32. The molecule has 0 spiro atoms. The summed E-state index contributed by atoms with van der Waals surface area (Å²) in [7, 11) is 0. The van der Waals surface area contributed by atoms with Crippen LogP contribution in [0.5, 0.6) is 0 Å². The van der Waals surface area contributed by atoms with Crippen molar-refractivity contribution in [2.24, 2.45) is 0 Å². The van der Waals surface area contributed by atoms with Crippen LogP contribution in [0.2, 0.25) is 10.1 Å². The Hall–Kier alpha value is -0.000519. The number of hydrogen-bond donors (Lipinski definition) is 0. The average Bonchev–Trinajstić information content (AvgIpc) is 2.89. The van der Waals surface area contributed by atoms with Gasteiger partial charge < -0.3 is 0 Å². The van der Waals surface area contributed by atoms with Gasteiger partial charge in [-0.05, 0) is 0 Å². The summed E-state index contributed by atoms with van der Waals surface area (Å²) in [4.78, 5) is 0.785. The first-order valence-corrected chi connectivity index (χ1v) is 9.38. The molecular weight excluding hydrogens is 259 g/mol. The molecule has 1 aliphatic rings. The predicted molar refractivity (Wildman–Crippen MR) is 78.7 cm³/mol. The molecule has 0 atom stereocenters. The molecule has 0 saturated carbocycles. The molecule has 0 unspecified atom stereocenters. The summed E-state index contributed by atoms with van der Waals surface area (Å²) in [6, 6.07) is 0. The summed E-state index contributed by atoms with van der Waals surface area (Å²) in [6.07, 6.45) is 23.6. The second kappa shape index (κ2) is 12.1. The van der Waals surface area contributed by atoms with Crippen LogP contribution in [-0.4, -0.2) is 0 Å². The van der Waals surface area contributed by atoms with Gasteiger partial charge in [0, 0.05) is 0 Å². The molecule has 0 N–H and O–H groups in total. The second-order valence-corrected chi connectivity index (χ2v) is 7.10. The van der Waals surface area contributed by atoms with Crippen molar-refractivity contribution in [3.63, 3.8) is 0 Å². The molecule has 0 aromatic heterocycles. The molecule has 0 aliphatic heterocycles. The molecular formula is C17H30Mn. The Morgan fingerprint density at radius 1 is 0.722 bits per heavy atom. The fourth-order valence-electron chi connectivity index (χ4n) is 2.29. The van der Waals surface area contributed by atoms with E-state index in [0.717, 1.165) is 19.8 Å².